The summed E-state index contributed by atoms with van der Waals surface area (Å²) < 4.78 is 7.18. The van der Waals surface area contributed by atoms with Gasteiger partial charge in [0.2, 0.25) is 5.95 Å². The molecule has 1 atom stereocenters. The molecule has 0 bridgehead atoms. The molecule has 1 fully saturated rings. The third kappa shape index (κ3) is 4.09. The fourth-order valence-corrected chi connectivity index (χ4v) is 3.60. The van der Waals surface area contributed by atoms with Crippen molar-refractivity contribution in [2.75, 3.05) is 24.6 Å². The van der Waals surface area contributed by atoms with Crippen molar-refractivity contribution < 1.29 is 9.53 Å². The van der Waals surface area contributed by atoms with E-state index in [-0.39, 0.29) is 17.9 Å². The molecule has 30 heavy (non-hydrogen) atoms. The van der Waals surface area contributed by atoms with Gasteiger partial charge in [0.05, 0.1) is 28.9 Å². The molecule has 3 aromatic rings. The second-order valence-corrected chi connectivity index (χ2v) is 7.69. The Morgan fingerprint density at radius 2 is 1.90 bits per heavy atom. The highest BCUT2D eigenvalue weighted by Crippen LogP contribution is 2.25. The lowest BCUT2D eigenvalue weighted by molar-refractivity contribution is 0.0337. The van der Waals surface area contributed by atoms with Crippen molar-refractivity contribution in [3.8, 4) is 11.3 Å². The van der Waals surface area contributed by atoms with Gasteiger partial charge in [-0.25, -0.2) is 4.98 Å². The van der Waals surface area contributed by atoms with Gasteiger partial charge < -0.3 is 9.64 Å². The number of pyridine rings is 1. The average molecular weight is 445 g/mol. The maximum absolute atomic E-state index is 12.9. The van der Waals surface area contributed by atoms with E-state index in [9.17, 15) is 9.59 Å². The number of carbonyl (C=O) groups excluding carboxylic acids is 1. The summed E-state index contributed by atoms with van der Waals surface area (Å²) in [5.74, 6) is 0.276. The Morgan fingerprint density at radius 1 is 1.13 bits per heavy atom. The molecule has 0 spiro atoms. The van der Waals surface area contributed by atoms with Gasteiger partial charge in [-0.1, -0.05) is 23.2 Å². The molecule has 9 heteroatoms. The summed E-state index contributed by atoms with van der Waals surface area (Å²) in [6.07, 6.45) is 2.58. The number of ketones is 1. The Kier molecular flexibility index (Phi) is 5.85. The lowest BCUT2D eigenvalue weighted by atomic mass is 10.0. The van der Waals surface area contributed by atoms with Crippen LogP contribution in [-0.4, -0.2) is 46.1 Å². The normalized spacial score (nSPS) is 16.5. The fraction of sp³-hybridized carbons (Fsp3) is 0.238. The molecule has 4 rings (SSSR count). The molecule has 0 amide bonds. The first-order valence-electron chi connectivity index (χ1n) is 9.28. The van der Waals surface area contributed by atoms with E-state index in [1.54, 1.807) is 43.7 Å². The Labute approximate surface area is 182 Å². The Morgan fingerprint density at radius 3 is 2.63 bits per heavy atom. The molecule has 1 aliphatic heterocycles. The van der Waals surface area contributed by atoms with Gasteiger partial charge in [-0.3, -0.25) is 19.1 Å². The van der Waals surface area contributed by atoms with Gasteiger partial charge in [0.15, 0.2) is 5.78 Å². The van der Waals surface area contributed by atoms with E-state index in [0.717, 1.165) is 5.56 Å². The van der Waals surface area contributed by atoms with Crippen molar-refractivity contribution in [1.82, 2.24) is 14.5 Å². The van der Waals surface area contributed by atoms with Crippen LogP contribution in [0.15, 0.2) is 53.6 Å². The van der Waals surface area contributed by atoms with Gasteiger partial charge in [0.1, 0.15) is 6.10 Å². The first-order valence-corrected chi connectivity index (χ1v) is 10.0. The van der Waals surface area contributed by atoms with E-state index in [1.807, 2.05) is 4.90 Å². The van der Waals surface area contributed by atoms with Gasteiger partial charge >= 0.3 is 0 Å². The minimum atomic E-state index is -0.711. The Balaban J connectivity index is 1.63. The van der Waals surface area contributed by atoms with Crippen LogP contribution in [0.4, 0.5) is 5.95 Å². The molecule has 0 aliphatic carbocycles. The number of Topliss-reactive ketones (excluding diaryl/α,β-unsaturated/α-hetero) is 1. The molecule has 0 N–H and O–H groups in total. The number of aromatic nitrogens is 3. The number of anilines is 1. The van der Waals surface area contributed by atoms with E-state index >= 15 is 0 Å². The predicted octanol–water partition coefficient (Wildman–Crippen LogP) is 3.24. The maximum atomic E-state index is 12.9. The maximum Gasteiger partial charge on any atom is 0.255 e. The van der Waals surface area contributed by atoms with Crippen LogP contribution >= 0.6 is 23.2 Å². The van der Waals surface area contributed by atoms with Crippen LogP contribution in [0.3, 0.4) is 0 Å². The number of nitrogens with zero attached hydrogens (tertiary/aromatic N) is 4. The summed E-state index contributed by atoms with van der Waals surface area (Å²) >= 11 is 12.0. The largest absolute Gasteiger partial charge is 0.366 e. The molecule has 1 aliphatic rings. The molecule has 1 saturated heterocycles. The van der Waals surface area contributed by atoms with Gasteiger partial charge in [-0.2, -0.15) is 0 Å². The molecule has 2 aromatic heterocycles. The highest BCUT2D eigenvalue weighted by Gasteiger charge is 2.30. The zero-order valence-electron chi connectivity index (χ0n) is 16.1. The quantitative estimate of drug-likeness (QED) is 0.574. The lowest BCUT2D eigenvalue weighted by Crippen LogP contribution is -2.48. The summed E-state index contributed by atoms with van der Waals surface area (Å²) in [5.41, 5.74) is 1.57. The van der Waals surface area contributed by atoms with Gasteiger partial charge in [-0.05, 0) is 30.3 Å². The molecule has 1 unspecified atom stereocenters. The average Bonchev–Trinajstić information content (AvgIpc) is 2.77. The van der Waals surface area contributed by atoms with Crippen LogP contribution in [-0.2, 0) is 11.8 Å². The topological polar surface area (TPSA) is 77.3 Å². The summed E-state index contributed by atoms with van der Waals surface area (Å²) in [7, 11) is 1.66. The van der Waals surface area contributed by atoms with Crippen molar-refractivity contribution >= 4 is 34.9 Å². The van der Waals surface area contributed by atoms with Crippen LogP contribution in [0, 0.1) is 0 Å². The van der Waals surface area contributed by atoms with Crippen molar-refractivity contribution in [2.24, 2.45) is 7.05 Å². The number of halogens is 2. The first-order chi connectivity index (χ1) is 14.4. The number of benzene rings is 1. The second-order valence-electron chi connectivity index (χ2n) is 6.87. The summed E-state index contributed by atoms with van der Waals surface area (Å²) in [6.45, 7) is 1.09. The van der Waals surface area contributed by atoms with E-state index < -0.39 is 6.10 Å². The molecule has 3 heterocycles. The molecule has 0 radical (unpaired) electrons. The third-order valence-electron chi connectivity index (χ3n) is 4.93. The summed E-state index contributed by atoms with van der Waals surface area (Å²) in [5, 5.41) is 0.691. The highest BCUT2D eigenvalue weighted by molar-refractivity contribution is 6.42. The number of hydrogen-bond acceptors (Lipinski definition) is 6. The van der Waals surface area contributed by atoms with Crippen molar-refractivity contribution in [1.29, 1.82) is 0 Å². The SMILES string of the molecule is Cn1c(N2CCOC(C(=O)c3ccc(Cl)c(Cl)c3)C2)nc(-c2ccncc2)cc1=O. The van der Waals surface area contributed by atoms with E-state index in [4.69, 9.17) is 27.9 Å². The number of ether oxygens (including phenoxy) is 1. The second kappa shape index (κ2) is 8.55. The van der Waals surface area contributed by atoms with E-state index in [1.165, 1.54) is 16.7 Å². The smallest absolute Gasteiger partial charge is 0.255 e. The lowest BCUT2D eigenvalue weighted by Gasteiger charge is -2.33. The highest BCUT2D eigenvalue weighted by atomic mass is 35.5. The van der Waals surface area contributed by atoms with E-state index in [0.29, 0.717) is 40.4 Å². The van der Waals surface area contributed by atoms with Gasteiger partial charge in [0, 0.05) is 43.2 Å². The van der Waals surface area contributed by atoms with E-state index in [2.05, 4.69) is 9.97 Å². The number of morpholine rings is 1. The van der Waals surface area contributed by atoms with Crippen LogP contribution in [0.5, 0.6) is 0 Å². The first kappa shape index (κ1) is 20.5. The zero-order valence-corrected chi connectivity index (χ0v) is 17.6. The third-order valence-corrected chi connectivity index (χ3v) is 5.67. The summed E-state index contributed by atoms with van der Waals surface area (Å²) in [4.78, 5) is 36.0. The number of hydrogen-bond donors (Lipinski definition) is 0. The standard InChI is InChI=1S/C21H18Cl2N4O3/c1-26-19(28)11-17(13-4-6-24-7-5-13)25-21(26)27-8-9-30-18(12-27)20(29)14-2-3-15(22)16(23)10-14/h2-7,10-11,18H,8-9,12H2,1H3. The minimum Gasteiger partial charge on any atom is -0.366 e. The predicted molar refractivity (Wildman–Crippen MR) is 115 cm³/mol. The number of carbonyl (C=O) groups is 1. The van der Waals surface area contributed by atoms with Gasteiger partial charge in [-0.15, -0.1) is 0 Å². The zero-order chi connectivity index (χ0) is 21.3. The Hall–Kier alpha value is -2.74. The van der Waals surface area contributed by atoms with Crippen LogP contribution in [0.25, 0.3) is 11.3 Å². The van der Waals surface area contributed by atoms with Gasteiger partial charge in [0.25, 0.3) is 5.56 Å². The van der Waals surface area contributed by atoms with Crippen molar-refractivity contribution in [3.63, 3.8) is 0 Å². The Bertz CT molecular complexity index is 1150. The van der Waals surface area contributed by atoms with Crippen LogP contribution < -0.4 is 10.5 Å². The number of rotatable bonds is 4. The molecule has 1 aromatic carbocycles. The molecule has 7 nitrogen and oxygen atoms in total. The molecular weight excluding hydrogens is 427 g/mol. The van der Waals surface area contributed by atoms with Crippen molar-refractivity contribution in [2.45, 2.75) is 6.10 Å². The monoisotopic (exact) mass is 444 g/mol. The molecule has 154 valence electrons. The van der Waals surface area contributed by atoms with Crippen molar-refractivity contribution in [3.05, 3.63) is 74.8 Å². The minimum absolute atomic E-state index is 0.189. The van der Waals surface area contributed by atoms with Crippen LogP contribution in [0.2, 0.25) is 10.0 Å². The summed E-state index contributed by atoms with van der Waals surface area (Å²) in [6, 6.07) is 9.81. The molecule has 0 saturated carbocycles. The van der Waals surface area contributed by atoms with Crippen LogP contribution in [0.1, 0.15) is 10.4 Å². The fourth-order valence-electron chi connectivity index (χ4n) is 3.31. The molecular formula is C21H18Cl2N4O3.